The van der Waals surface area contributed by atoms with Crippen molar-refractivity contribution in [3.8, 4) is 22.9 Å². The molecule has 1 N–H and O–H groups in total. The molecule has 2 aromatic heterocycles. The number of carboxylic acid groups (broad SMARTS) is 1. The molecule has 5 rings (SSSR count). The summed E-state index contributed by atoms with van der Waals surface area (Å²) in [4.78, 5) is 20.1. The van der Waals surface area contributed by atoms with E-state index in [4.69, 9.17) is 14.2 Å². The second-order valence-corrected chi connectivity index (χ2v) is 11.3. The van der Waals surface area contributed by atoms with Crippen LogP contribution in [0.5, 0.6) is 11.8 Å². The minimum Gasteiger partial charge on any atom is -0.481 e. The van der Waals surface area contributed by atoms with Crippen LogP contribution in [0.1, 0.15) is 62.0 Å². The minimum absolute atomic E-state index is 0.247. The van der Waals surface area contributed by atoms with E-state index in [1.54, 1.807) is 13.2 Å². The number of pyridine rings is 2. The van der Waals surface area contributed by atoms with Crippen LogP contribution in [-0.2, 0) is 28.0 Å². The van der Waals surface area contributed by atoms with Gasteiger partial charge in [-0.15, -0.1) is 0 Å². The number of ether oxygens (including phenoxy) is 3. The van der Waals surface area contributed by atoms with Crippen LogP contribution < -0.4 is 9.47 Å². The van der Waals surface area contributed by atoms with Gasteiger partial charge in [-0.1, -0.05) is 32.9 Å². The first-order valence-electron chi connectivity index (χ1n) is 12.8. The van der Waals surface area contributed by atoms with Crippen molar-refractivity contribution in [1.82, 2.24) is 9.97 Å². The second kappa shape index (κ2) is 9.66. The zero-order valence-electron chi connectivity index (χ0n) is 22.4. The molecular weight excluding hydrogens is 487 g/mol. The fourth-order valence-corrected chi connectivity index (χ4v) is 5.91. The van der Waals surface area contributed by atoms with Gasteiger partial charge in [0, 0.05) is 36.4 Å². The van der Waals surface area contributed by atoms with Gasteiger partial charge in [0.25, 0.3) is 0 Å². The average Bonchev–Trinajstić information content (AvgIpc) is 3.52. The lowest BCUT2D eigenvalue weighted by Crippen LogP contribution is -2.21. The summed E-state index contributed by atoms with van der Waals surface area (Å²) in [6.45, 7) is 6.47. The molecule has 0 amide bonds. The highest BCUT2D eigenvalue weighted by molar-refractivity contribution is 5.78. The molecule has 2 heterocycles. The Labute approximate surface area is 222 Å². The molecule has 200 valence electrons. The molecule has 3 aromatic rings. The van der Waals surface area contributed by atoms with Crippen LogP contribution in [0.3, 0.4) is 0 Å². The molecule has 1 aromatic carbocycles. The number of rotatable bonds is 8. The number of nitrogens with zero attached hydrogens (tertiary/aromatic N) is 2. The van der Waals surface area contributed by atoms with E-state index < -0.39 is 11.8 Å². The van der Waals surface area contributed by atoms with Gasteiger partial charge < -0.3 is 19.3 Å². The number of aliphatic carboxylic acids is 1. The lowest BCUT2D eigenvalue weighted by Gasteiger charge is -2.32. The van der Waals surface area contributed by atoms with Crippen molar-refractivity contribution in [2.45, 2.75) is 58.2 Å². The van der Waals surface area contributed by atoms with Gasteiger partial charge in [-0.3, -0.25) is 4.79 Å². The van der Waals surface area contributed by atoms with E-state index in [9.17, 15) is 14.3 Å². The lowest BCUT2D eigenvalue weighted by atomic mass is 9.81. The van der Waals surface area contributed by atoms with E-state index in [0.29, 0.717) is 29.3 Å². The maximum absolute atomic E-state index is 14.9. The fraction of sp³-hybridized carbons (Fsp3) is 0.433. The van der Waals surface area contributed by atoms with Gasteiger partial charge in [0.05, 0.1) is 25.3 Å². The Balaban J connectivity index is 1.45. The summed E-state index contributed by atoms with van der Waals surface area (Å²) in [5, 5.41) is 9.53. The quantitative estimate of drug-likeness (QED) is 0.396. The van der Waals surface area contributed by atoms with Gasteiger partial charge in [-0.05, 0) is 58.6 Å². The monoisotopic (exact) mass is 520 g/mol. The van der Waals surface area contributed by atoms with Gasteiger partial charge >= 0.3 is 5.97 Å². The number of halogens is 1. The summed E-state index contributed by atoms with van der Waals surface area (Å²) in [6, 6.07) is 9.25. The highest BCUT2D eigenvalue weighted by atomic mass is 19.1. The first kappa shape index (κ1) is 26.1. The van der Waals surface area contributed by atoms with Gasteiger partial charge in [0.15, 0.2) is 0 Å². The Morgan fingerprint density at radius 3 is 2.55 bits per heavy atom. The third-order valence-corrected chi connectivity index (χ3v) is 7.85. The number of carbonyl (C=O) groups is 1. The standard InChI is InChI=1S/C30H33FN2O5/c1-29(2,3)27(37-5)21-10-17(6-7-19(21)20-11-25(36-4)33-15-24(20)31)16-38-26-12-22-18(14-32-26)8-9-30(22)13-23(30)28(34)35/h6-7,10-12,14-15,23,27H,8-9,13,16H2,1-5H3,(H,34,35)/t23-,27+,30+/m1/s1. The van der Waals surface area contributed by atoms with Crippen molar-refractivity contribution >= 4 is 5.97 Å². The summed E-state index contributed by atoms with van der Waals surface area (Å²) in [5.41, 5.74) is 4.41. The van der Waals surface area contributed by atoms with Crippen LogP contribution in [0, 0.1) is 17.2 Å². The molecule has 0 aliphatic heterocycles. The van der Waals surface area contributed by atoms with Crippen LogP contribution in [0.2, 0.25) is 0 Å². The van der Waals surface area contributed by atoms with E-state index in [-0.39, 0.29) is 29.5 Å². The van der Waals surface area contributed by atoms with Crippen molar-refractivity contribution < 1.29 is 28.5 Å². The van der Waals surface area contributed by atoms with Crippen molar-refractivity contribution in [3.05, 3.63) is 70.8 Å². The highest BCUT2D eigenvalue weighted by Crippen LogP contribution is 2.61. The molecular formula is C30H33FN2O5. The topological polar surface area (TPSA) is 90.8 Å². The number of aryl methyl sites for hydroxylation is 1. The number of aromatic nitrogens is 2. The molecule has 8 heteroatoms. The molecule has 0 unspecified atom stereocenters. The molecule has 38 heavy (non-hydrogen) atoms. The number of hydrogen-bond donors (Lipinski definition) is 1. The maximum atomic E-state index is 14.9. The number of benzene rings is 1. The lowest BCUT2D eigenvalue weighted by molar-refractivity contribution is -0.139. The normalized spacial score (nSPS) is 20.7. The second-order valence-electron chi connectivity index (χ2n) is 11.3. The van der Waals surface area contributed by atoms with Gasteiger partial charge in [-0.2, -0.15) is 0 Å². The summed E-state index contributed by atoms with van der Waals surface area (Å²) in [5.74, 6) is -0.721. The molecule has 1 spiro atoms. The number of fused-ring (bicyclic) bond motifs is 2. The SMILES string of the molecule is COc1cc(-c2ccc(COc3cc4c(cn3)CC[C@]43C[C@@H]3C(=O)O)cc2[C@H](OC)C(C)(C)C)c(F)cn1. The summed E-state index contributed by atoms with van der Waals surface area (Å²) >= 11 is 0. The minimum atomic E-state index is -0.737. The Kier molecular flexibility index (Phi) is 6.63. The van der Waals surface area contributed by atoms with Crippen LogP contribution in [0.4, 0.5) is 4.39 Å². The van der Waals surface area contributed by atoms with E-state index in [0.717, 1.165) is 41.3 Å². The van der Waals surface area contributed by atoms with Crippen LogP contribution in [0.25, 0.3) is 11.1 Å². The third-order valence-electron chi connectivity index (χ3n) is 7.85. The van der Waals surface area contributed by atoms with E-state index in [1.807, 2.05) is 30.5 Å². The molecule has 0 saturated heterocycles. The molecule has 3 atom stereocenters. The molecule has 2 aliphatic rings. The number of methoxy groups -OCH3 is 2. The largest absolute Gasteiger partial charge is 0.481 e. The van der Waals surface area contributed by atoms with E-state index in [2.05, 4.69) is 30.7 Å². The first-order valence-corrected chi connectivity index (χ1v) is 12.8. The van der Waals surface area contributed by atoms with Crippen LogP contribution in [0.15, 0.2) is 42.7 Å². The third kappa shape index (κ3) is 4.62. The molecule has 0 bridgehead atoms. The molecule has 0 radical (unpaired) electrons. The Morgan fingerprint density at radius 1 is 1.13 bits per heavy atom. The van der Waals surface area contributed by atoms with Gasteiger partial charge in [0.1, 0.15) is 12.4 Å². The average molecular weight is 521 g/mol. The summed E-state index contributed by atoms with van der Waals surface area (Å²) < 4.78 is 32.2. The Morgan fingerprint density at radius 2 is 1.89 bits per heavy atom. The maximum Gasteiger partial charge on any atom is 0.307 e. The first-order chi connectivity index (χ1) is 18.1. The molecule has 1 fully saturated rings. The van der Waals surface area contributed by atoms with Crippen LogP contribution in [-0.4, -0.2) is 35.3 Å². The molecule has 2 aliphatic carbocycles. The Bertz CT molecular complexity index is 1390. The van der Waals surface area contributed by atoms with Crippen LogP contribution >= 0.6 is 0 Å². The predicted molar refractivity (Wildman–Crippen MR) is 140 cm³/mol. The van der Waals surface area contributed by atoms with Crippen molar-refractivity contribution in [2.24, 2.45) is 11.3 Å². The zero-order valence-corrected chi connectivity index (χ0v) is 22.4. The fourth-order valence-electron chi connectivity index (χ4n) is 5.91. The number of carboxylic acids is 1. The summed E-state index contributed by atoms with van der Waals surface area (Å²) in [6.07, 6.45) is 5.01. The van der Waals surface area contributed by atoms with Crippen molar-refractivity contribution in [1.29, 1.82) is 0 Å². The smallest absolute Gasteiger partial charge is 0.307 e. The van der Waals surface area contributed by atoms with Crippen molar-refractivity contribution in [3.63, 3.8) is 0 Å². The van der Waals surface area contributed by atoms with Gasteiger partial charge in [-0.25, -0.2) is 14.4 Å². The zero-order chi connectivity index (χ0) is 27.2. The summed E-state index contributed by atoms with van der Waals surface area (Å²) in [7, 11) is 3.15. The molecule has 1 saturated carbocycles. The van der Waals surface area contributed by atoms with E-state index >= 15 is 0 Å². The number of hydrogen-bond acceptors (Lipinski definition) is 6. The highest BCUT2D eigenvalue weighted by Gasteiger charge is 2.62. The molecule has 7 nitrogen and oxygen atoms in total. The Hall–Kier alpha value is -3.52. The van der Waals surface area contributed by atoms with Crippen molar-refractivity contribution in [2.75, 3.05) is 14.2 Å². The van der Waals surface area contributed by atoms with Gasteiger partial charge in [0.2, 0.25) is 11.8 Å². The van der Waals surface area contributed by atoms with E-state index in [1.165, 1.54) is 7.11 Å². The predicted octanol–water partition coefficient (Wildman–Crippen LogP) is 5.89.